The molecule has 0 heterocycles. The molecule has 1 fully saturated rings. The fourth-order valence-corrected chi connectivity index (χ4v) is 3.57. The number of rotatable bonds is 8. The van der Waals surface area contributed by atoms with E-state index in [1.54, 1.807) is 12.1 Å². The molecule has 0 saturated heterocycles. The molecule has 0 spiro atoms. The second-order valence-corrected chi connectivity index (χ2v) is 6.92. The molecule has 1 aliphatic rings. The van der Waals surface area contributed by atoms with Crippen LogP contribution >= 0.6 is 0 Å². The standard InChI is InChI=1S/C21H31F/c1-2-3-4-7-18-10-12-19(13-11-18)8-5-6-9-20-14-16-21(22)17-15-20/h5-6,14-19H,2-4,7-13H2,1H3/b6-5-. The summed E-state index contributed by atoms with van der Waals surface area (Å²) in [7, 11) is 0. The van der Waals surface area contributed by atoms with E-state index in [0.29, 0.717) is 0 Å². The number of halogens is 1. The third-order valence-corrected chi connectivity index (χ3v) is 5.09. The van der Waals surface area contributed by atoms with Gasteiger partial charge >= 0.3 is 0 Å². The van der Waals surface area contributed by atoms with Gasteiger partial charge in [-0.25, -0.2) is 4.39 Å². The smallest absolute Gasteiger partial charge is 0.123 e. The van der Waals surface area contributed by atoms with Crippen molar-refractivity contribution in [3.8, 4) is 0 Å². The molecule has 0 radical (unpaired) electrons. The minimum Gasteiger partial charge on any atom is -0.207 e. The summed E-state index contributed by atoms with van der Waals surface area (Å²) in [6.45, 7) is 2.29. The molecule has 1 heteroatoms. The molecule has 122 valence electrons. The molecule has 1 saturated carbocycles. The van der Waals surface area contributed by atoms with Gasteiger partial charge in [0.1, 0.15) is 5.82 Å². The molecular formula is C21H31F. The SMILES string of the molecule is CCCCCC1CCC(C/C=C\Cc2ccc(F)cc2)CC1. The van der Waals surface area contributed by atoms with Gasteiger partial charge in [0.25, 0.3) is 0 Å². The highest BCUT2D eigenvalue weighted by atomic mass is 19.1. The molecule has 0 unspecified atom stereocenters. The minimum atomic E-state index is -0.150. The van der Waals surface area contributed by atoms with Gasteiger partial charge in [0.2, 0.25) is 0 Å². The van der Waals surface area contributed by atoms with E-state index in [0.717, 1.165) is 18.3 Å². The number of unbranched alkanes of at least 4 members (excludes halogenated alkanes) is 2. The van der Waals surface area contributed by atoms with Crippen molar-refractivity contribution < 1.29 is 4.39 Å². The number of allylic oxidation sites excluding steroid dienone is 2. The lowest BCUT2D eigenvalue weighted by molar-refractivity contribution is 0.260. The van der Waals surface area contributed by atoms with Crippen LogP contribution in [0.3, 0.4) is 0 Å². The van der Waals surface area contributed by atoms with Crippen molar-refractivity contribution in [2.45, 2.75) is 71.1 Å². The van der Waals surface area contributed by atoms with E-state index in [1.165, 1.54) is 63.4 Å². The Morgan fingerprint density at radius 1 is 0.955 bits per heavy atom. The zero-order chi connectivity index (χ0) is 15.6. The minimum absolute atomic E-state index is 0.150. The summed E-state index contributed by atoms with van der Waals surface area (Å²) in [5, 5.41) is 0. The van der Waals surface area contributed by atoms with Crippen LogP contribution in [-0.4, -0.2) is 0 Å². The maximum Gasteiger partial charge on any atom is 0.123 e. The molecular weight excluding hydrogens is 271 g/mol. The normalized spacial score (nSPS) is 22.3. The summed E-state index contributed by atoms with van der Waals surface area (Å²) in [6, 6.07) is 6.84. The first kappa shape index (κ1) is 17.2. The summed E-state index contributed by atoms with van der Waals surface area (Å²) in [5.74, 6) is 1.75. The van der Waals surface area contributed by atoms with Crippen LogP contribution in [0.4, 0.5) is 4.39 Å². The first-order valence-electron chi connectivity index (χ1n) is 9.17. The molecule has 22 heavy (non-hydrogen) atoms. The maximum absolute atomic E-state index is 12.8. The predicted octanol–water partition coefficient (Wildman–Crippen LogP) is 6.70. The van der Waals surface area contributed by atoms with Crippen LogP contribution in [0.25, 0.3) is 0 Å². The summed E-state index contributed by atoms with van der Waals surface area (Å²) < 4.78 is 12.8. The van der Waals surface area contributed by atoms with E-state index >= 15 is 0 Å². The van der Waals surface area contributed by atoms with Crippen LogP contribution in [0.1, 0.15) is 70.3 Å². The van der Waals surface area contributed by atoms with Crippen molar-refractivity contribution in [3.05, 3.63) is 47.8 Å². The molecule has 0 N–H and O–H groups in total. The van der Waals surface area contributed by atoms with E-state index in [4.69, 9.17) is 0 Å². The van der Waals surface area contributed by atoms with Gasteiger partial charge in [0.15, 0.2) is 0 Å². The van der Waals surface area contributed by atoms with Gasteiger partial charge in [0.05, 0.1) is 0 Å². The summed E-state index contributed by atoms with van der Waals surface area (Å²) in [4.78, 5) is 0. The van der Waals surface area contributed by atoms with Crippen molar-refractivity contribution >= 4 is 0 Å². The monoisotopic (exact) mass is 302 g/mol. The van der Waals surface area contributed by atoms with E-state index < -0.39 is 0 Å². The van der Waals surface area contributed by atoms with Crippen LogP contribution < -0.4 is 0 Å². The third-order valence-electron chi connectivity index (χ3n) is 5.09. The quantitative estimate of drug-likeness (QED) is 0.370. The van der Waals surface area contributed by atoms with E-state index in [9.17, 15) is 4.39 Å². The zero-order valence-electron chi connectivity index (χ0n) is 14.1. The molecule has 0 bridgehead atoms. The van der Waals surface area contributed by atoms with Crippen molar-refractivity contribution in [2.75, 3.05) is 0 Å². The molecule has 0 amide bonds. The average molecular weight is 302 g/mol. The largest absolute Gasteiger partial charge is 0.207 e. The predicted molar refractivity (Wildman–Crippen MR) is 93.5 cm³/mol. The van der Waals surface area contributed by atoms with Gasteiger partial charge in [0, 0.05) is 0 Å². The fourth-order valence-electron chi connectivity index (χ4n) is 3.57. The van der Waals surface area contributed by atoms with Gasteiger partial charge in [-0.15, -0.1) is 0 Å². The van der Waals surface area contributed by atoms with Crippen LogP contribution in [-0.2, 0) is 6.42 Å². The molecule has 1 aromatic carbocycles. The summed E-state index contributed by atoms with van der Waals surface area (Å²) in [6.07, 6.45) is 18.1. The Balaban J connectivity index is 1.60. The number of benzene rings is 1. The van der Waals surface area contributed by atoms with Crippen LogP contribution in [0.15, 0.2) is 36.4 Å². The Labute approximate surface area is 135 Å². The average Bonchev–Trinajstić information content (AvgIpc) is 2.55. The van der Waals surface area contributed by atoms with Gasteiger partial charge < -0.3 is 0 Å². The maximum atomic E-state index is 12.8. The van der Waals surface area contributed by atoms with E-state index in [-0.39, 0.29) is 5.82 Å². The van der Waals surface area contributed by atoms with Gasteiger partial charge in [-0.1, -0.05) is 69.7 Å². The Hall–Kier alpha value is -1.11. The molecule has 2 rings (SSSR count). The van der Waals surface area contributed by atoms with Crippen LogP contribution in [0, 0.1) is 17.7 Å². The second kappa shape index (κ2) is 9.82. The summed E-state index contributed by atoms with van der Waals surface area (Å²) >= 11 is 0. The van der Waals surface area contributed by atoms with E-state index in [1.807, 2.05) is 12.1 Å². The lowest BCUT2D eigenvalue weighted by Gasteiger charge is -2.27. The van der Waals surface area contributed by atoms with Crippen LogP contribution in [0.2, 0.25) is 0 Å². The van der Waals surface area contributed by atoms with Crippen molar-refractivity contribution in [2.24, 2.45) is 11.8 Å². The Bertz CT molecular complexity index is 424. The number of hydrogen-bond donors (Lipinski definition) is 0. The van der Waals surface area contributed by atoms with Crippen molar-refractivity contribution in [3.63, 3.8) is 0 Å². The fraction of sp³-hybridized carbons (Fsp3) is 0.619. The molecule has 0 nitrogen and oxygen atoms in total. The molecule has 0 aromatic heterocycles. The molecule has 1 aromatic rings. The van der Waals surface area contributed by atoms with Gasteiger partial charge in [-0.3, -0.25) is 0 Å². The Morgan fingerprint density at radius 2 is 1.64 bits per heavy atom. The highest BCUT2D eigenvalue weighted by molar-refractivity contribution is 5.18. The summed E-state index contributed by atoms with van der Waals surface area (Å²) in [5.41, 5.74) is 1.19. The molecule has 0 aliphatic heterocycles. The molecule has 1 aliphatic carbocycles. The number of hydrogen-bond acceptors (Lipinski definition) is 0. The van der Waals surface area contributed by atoms with Crippen molar-refractivity contribution in [1.82, 2.24) is 0 Å². The second-order valence-electron chi connectivity index (χ2n) is 6.92. The van der Waals surface area contributed by atoms with E-state index in [2.05, 4.69) is 19.1 Å². The highest BCUT2D eigenvalue weighted by Gasteiger charge is 2.19. The van der Waals surface area contributed by atoms with Crippen LogP contribution in [0.5, 0.6) is 0 Å². The third kappa shape index (κ3) is 6.34. The highest BCUT2D eigenvalue weighted by Crippen LogP contribution is 2.33. The lowest BCUT2D eigenvalue weighted by Crippen LogP contribution is -2.14. The lowest BCUT2D eigenvalue weighted by atomic mass is 9.78. The zero-order valence-corrected chi connectivity index (χ0v) is 14.1. The molecule has 0 atom stereocenters. The van der Waals surface area contributed by atoms with Gasteiger partial charge in [-0.05, 0) is 55.2 Å². The Morgan fingerprint density at radius 3 is 2.32 bits per heavy atom. The first-order valence-corrected chi connectivity index (χ1v) is 9.17. The Kier molecular flexibility index (Phi) is 7.70. The van der Waals surface area contributed by atoms with Crippen molar-refractivity contribution in [1.29, 1.82) is 0 Å². The topological polar surface area (TPSA) is 0 Å². The first-order chi connectivity index (χ1) is 10.8. The van der Waals surface area contributed by atoms with Gasteiger partial charge in [-0.2, -0.15) is 0 Å².